The van der Waals surface area contributed by atoms with Gasteiger partial charge in [-0.1, -0.05) is 13.5 Å². The van der Waals surface area contributed by atoms with Gasteiger partial charge < -0.3 is 9.64 Å². The highest BCUT2D eigenvalue weighted by molar-refractivity contribution is 6.03. The lowest BCUT2D eigenvalue weighted by molar-refractivity contribution is -0.308. The van der Waals surface area contributed by atoms with E-state index in [9.17, 15) is 4.79 Å². The maximum atomic E-state index is 11.8. The third-order valence-electron chi connectivity index (χ3n) is 3.97. The summed E-state index contributed by atoms with van der Waals surface area (Å²) in [5.41, 5.74) is 1.29. The fourth-order valence-corrected chi connectivity index (χ4v) is 2.68. The van der Waals surface area contributed by atoms with Crippen LogP contribution in [0.3, 0.4) is 0 Å². The Morgan fingerprint density at radius 2 is 1.92 bits per heavy atom. The number of ether oxygens (including phenoxy) is 1. The van der Waals surface area contributed by atoms with Gasteiger partial charge in [0.2, 0.25) is 0 Å². The molecule has 0 aliphatic carbocycles. The van der Waals surface area contributed by atoms with Crippen molar-refractivity contribution in [2.45, 2.75) is 33.3 Å². The lowest BCUT2D eigenvalue weighted by atomic mass is 10.1. The summed E-state index contributed by atoms with van der Waals surface area (Å²) in [7, 11) is 0. The molecule has 1 amide bonds. The molecule has 1 saturated heterocycles. The highest BCUT2D eigenvalue weighted by Gasteiger charge is 2.24. The summed E-state index contributed by atoms with van der Waals surface area (Å²) in [6.07, 6.45) is 3.27. The average molecular weight is 333 g/mol. The number of likely N-dealkylation sites (N-methyl/N-ethyl adjacent to an activating group) is 1. The molecule has 0 radical (unpaired) electrons. The number of amides is 1. The zero-order chi connectivity index (χ0) is 17.7. The van der Waals surface area contributed by atoms with Crippen LogP contribution in [0.25, 0.3) is 0 Å². The second-order valence-electron chi connectivity index (χ2n) is 7.18. The van der Waals surface area contributed by atoms with Gasteiger partial charge in [-0.2, -0.15) is 4.79 Å². The maximum Gasteiger partial charge on any atom is 0.550 e. The van der Waals surface area contributed by atoms with Crippen LogP contribution in [0.2, 0.25) is 0 Å². The van der Waals surface area contributed by atoms with E-state index in [1.807, 2.05) is 33.1 Å². The van der Waals surface area contributed by atoms with E-state index in [4.69, 9.17) is 4.74 Å². The van der Waals surface area contributed by atoms with Gasteiger partial charge in [0.15, 0.2) is 0 Å². The maximum absolute atomic E-state index is 11.8. The number of piperazine rings is 1. The van der Waals surface area contributed by atoms with Crippen molar-refractivity contribution >= 4 is 18.1 Å². The van der Waals surface area contributed by atoms with Gasteiger partial charge in [-0.05, 0) is 33.4 Å². The molecule has 24 heavy (non-hydrogen) atoms. The van der Waals surface area contributed by atoms with Crippen LogP contribution in [-0.4, -0.2) is 72.8 Å². The van der Waals surface area contributed by atoms with Crippen LogP contribution < -0.4 is 4.99 Å². The topological polar surface area (TPSA) is 59.1 Å². The molecule has 2 aliphatic rings. The van der Waals surface area contributed by atoms with Crippen molar-refractivity contribution in [3.63, 3.8) is 0 Å². The van der Waals surface area contributed by atoms with Crippen LogP contribution in [-0.2, 0) is 4.74 Å². The molecule has 1 N–H and O–H groups in total. The van der Waals surface area contributed by atoms with Gasteiger partial charge in [0, 0.05) is 43.3 Å². The van der Waals surface area contributed by atoms with Gasteiger partial charge in [-0.3, -0.25) is 4.90 Å². The third kappa shape index (κ3) is 5.69. The Morgan fingerprint density at radius 3 is 2.46 bits per heavy atom. The van der Waals surface area contributed by atoms with E-state index in [0.29, 0.717) is 11.4 Å². The van der Waals surface area contributed by atoms with E-state index in [-0.39, 0.29) is 0 Å². The molecule has 2 rings (SSSR count). The SMILES string of the molecule is C=C1C=C(CN2CCN(CC)CC2)C=[NH+]C1=NC(=O)OC(C)(C)C. The second-order valence-corrected chi connectivity index (χ2v) is 7.18. The summed E-state index contributed by atoms with van der Waals surface area (Å²) in [5, 5.41) is 0. The van der Waals surface area contributed by atoms with Crippen molar-refractivity contribution in [1.29, 1.82) is 0 Å². The first-order chi connectivity index (χ1) is 11.3. The monoisotopic (exact) mass is 333 g/mol. The zero-order valence-electron chi connectivity index (χ0n) is 15.3. The molecule has 0 aromatic heterocycles. The number of rotatable bonds is 3. The normalized spacial score (nSPS) is 21.9. The molecule has 6 nitrogen and oxygen atoms in total. The smallest absolute Gasteiger partial charge is 0.423 e. The fraction of sp³-hybridized carbons (Fsp3) is 0.611. The van der Waals surface area contributed by atoms with Crippen LogP contribution in [0.1, 0.15) is 27.7 Å². The van der Waals surface area contributed by atoms with Gasteiger partial charge in [-0.25, -0.2) is 4.99 Å². The standard InChI is InChI=1S/C18H28N4O2/c1-6-21-7-9-22(10-8-21)13-15-11-14(2)16(19-12-15)20-17(23)24-18(3,4)5/h11-12H,2,6-10,13H2,1,3-5H3/p+1. The highest BCUT2D eigenvalue weighted by Crippen LogP contribution is 2.10. The molecular weight excluding hydrogens is 304 g/mol. The Hall–Kier alpha value is -1.79. The minimum atomic E-state index is -0.605. The van der Waals surface area contributed by atoms with Crippen molar-refractivity contribution in [3.8, 4) is 0 Å². The molecule has 2 heterocycles. The largest absolute Gasteiger partial charge is 0.550 e. The summed E-state index contributed by atoms with van der Waals surface area (Å²) in [4.78, 5) is 23.7. The number of hydrogen-bond acceptors (Lipinski definition) is 4. The summed E-state index contributed by atoms with van der Waals surface area (Å²) in [6, 6.07) is 0. The second kappa shape index (κ2) is 7.85. The predicted molar refractivity (Wildman–Crippen MR) is 96.5 cm³/mol. The first-order valence-corrected chi connectivity index (χ1v) is 8.53. The van der Waals surface area contributed by atoms with Crippen molar-refractivity contribution < 1.29 is 14.5 Å². The van der Waals surface area contributed by atoms with E-state index < -0.39 is 11.7 Å². The summed E-state index contributed by atoms with van der Waals surface area (Å²) < 4.78 is 5.20. The van der Waals surface area contributed by atoms with Gasteiger partial charge in [0.1, 0.15) is 5.60 Å². The Bertz CT molecular complexity index is 576. The molecule has 132 valence electrons. The molecule has 0 aromatic carbocycles. The van der Waals surface area contributed by atoms with Crippen molar-refractivity contribution in [2.75, 3.05) is 39.3 Å². The summed E-state index contributed by atoms with van der Waals surface area (Å²) in [5.74, 6) is 0.448. The van der Waals surface area contributed by atoms with E-state index in [1.165, 1.54) is 0 Å². The number of amidine groups is 1. The highest BCUT2D eigenvalue weighted by atomic mass is 16.6. The lowest BCUT2D eigenvalue weighted by Crippen LogP contribution is -2.76. The first-order valence-electron chi connectivity index (χ1n) is 8.53. The van der Waals surface area contributed by atoms with Gasteiger partial charge in [-0.15, -0.1) is 0 Å². The van der Waals surface area contributed by atoms with Crippen molar-refractivity contribution in [2.24, 2.45) is 4.99 Å². The molecular formula is C18H29N4O2+. The van der Waals surface area contributed by atoms with E-state index in [2.05, 4.69) is 33.3 Å². The summed E-state index contributed by atoms with van der Waals surface area (Å²) in [6.45, 7) is 18.0. The Morgan fingerprint density at radius 1 is 1.29 bits per heavy atom. The zero-order valence-corrected chi connectivity index (χ0v) is 15.3. The molecule has 2 aliphatic heterocycles. The molecule has 0 atom stereocenters. The van der Waals surface area contributed by atoms with Crippen LogP contribution >= 0.6 is 0 Å². The molecule has 6 heteroatoms. The molecule has 0 unspecified atom stereocenters. The van der Waals surface area contributed by atoms with Gasteiger partial charge in [0.05, 0.1) is 11.8 Å². The minimum Gasteiger partial charge on any atom is -0.423 e. The minimum absolute atomic E-state index is 0.448. The number of nitrogens with zero attached hydrogens (tertiary/aromatic N) is 3. The molecule has 0 spiro atoms. The molecule has 0 saturated carbocycles. The molecule has 1 fully saturated rings. The van der Waals surface area contributed by atoms with Crippen LogP contribution in [0, 0.1) is 0 Å². The van der Waals surface area contributed by atoms with E-state index in [0.717, 1.165) is 44.8 Å². The molecule has 0 bridgehead atoms. The number of carbonyl (C=O) groups excluding carboxylic acids is 1. The van der Waals surface area contributed by atoms with Crippen LogP contribution in [0.5, 0.6) is 0 Å². The fourth-order valence-electron chi connectivity index (χ4n) is 2.68. The van der Waals surface area contributed by atoms with Crippen molar-refractivity contribution in [3.05, 3.63) is 23.8 Å². The number of hydrogen-bond donors (Lipinski definition) is 1. The third-order valence-corrected chi connectivity index (χ3v) is 3.97. The van der Waals surface area contributed by atoms with Crippen LogP contribution in [0.4, 0.5) is 4.79 Å². The Kier molecular flexibility index (Phi) is 6.07. The number of aliphatic imine (C=N–C) groups is 1. The van der Waals surface area contributed by atoms with E-state index >= 15 is 0 Å². The molecule has 0 aromatic rings. The first kappa shape index (κ1) is 18.5. The van der Waals surface area contributed by atoms with Gasteiger partial charge in [0.25, 0.3) is 0 Å². The summed E-state index contributed by atoms with van der Waals surface area (Å²) >= 11 is 0. The average Bonchev–Trinajstić information content (AvgIpc) is 2.49. The lowest BCUT2D eigenvalue weighted by Gasteiger charge is -2.34. The van der Waals surface area contributed by atoms with Crippen LogP contribution in [0.15, 0.2) is 28.8 Å². The Balaban J connectivity index is 1.91. The number of nitrogens with one attached hydrogen (secondary N) is 1. The quantitative estimate of drug-likeness (QED) is 0.822. The number of carbonyl (C=O) groups is 1. The van der Waals surface area contributed by atoms with Gasteiger partial charge >= 0.3 is 11.9 Å². The Labute approximate surface area is 144 Å². The van der Waals surface area contributed by atoms with E-state index in [1.54, 1.807) is 0 Å². The van der Waals surface area contributed by atoms with Crippen molar-refractivity contribution in [1.82, 2.24) is 9.80 Å². The predicted octanol–water partition coefficient (Wildman–Crippen LogP) is 0.605.